The second kappa shape index (κ2) is 5.62. The van der Waals surface area contributed by atoms with Crippen molar-refractivity contribution in [3.8, 4) is 5.75 Å². The molecule has 0 aromatic heterocycles. The summed E-state index contributed by atoms with van der Waals surface area (Å²) in [6, 6.07) is 5.54. The molecule has 1 heterocycles. The van der Waals surface area contributed by atoms with Crippen molar-refractivity contribution in [2.75, 3.05) is 25.9 Å². The van der Waals surface area contributed by atoms with E-state index in [9.17, 15) is 4.79 Å². The van der Waals surface area contributed by atoms with E-state index >= 15 is 0 Å². The van der Waals surface area contributed by atoms with Crippen molar-refractivity contribution in [1.82, 2.24) is 10.2 Å². The number of hydrogen-bond donors (Lipinski definition) is 2. The van der Waals surface area contributed by atoms with Gasteiger partial charge in [-0.2, -0.15) is 0 Å². The van der Waals surface area contributed by atoms with E-state index in [1.807, 2.05) is 23.1 Å². The topological polar surface area (TPSA) is 67.6 Å². The Morgan fingerprint density at radius 3 is 2.78 bits per heavy atom. The number of anilines is 1. The molecule has 0 spiro atoms. The highest BCUT2D eigenvalue weighted by molar-refractivity contribution is 5.74. The van der Waals surface area contributed by atoms with E-state index in [1.165, 1.54) is 0 Å². The van der Waals surface area contributed by atoms with Crippen LogP contribution < -0.4 is 15.8 Å². The molecule has 5 heteroatoms. The molecule has 0 saturated carbocycles. The van der Waals surface area contributed by atoms with Gasteiger partial charge in [-0.1, -0.05) is 6.07 Å². The Labute approximate surface area is 107 Å². The molecule has 0 bridgehead atoms. The molecule has 1 aromatic carbocycles. The van der Waals surface area contributed by atoms with Crippen LogP contribution in [-0.4, -0.2) is 31.1 Å². The standard InChI is InChI=1S/C13H19N3O2/c1-18-12-5-4-10(8-11(12)14)9-15-13(17)16-6-2-3-7-16/h4-5,8H,2-3,6-7,9,14H2,1H3,(H,15,17). The van der Waals surface area contributed by atoms with E-state index in [1.54, 1.807) is 7.11 Å². The van der Waals surface area contributed by atoms with Crippen LogP contribution in [0.3, 0.4) is 0 Å². The molecule has 1 aliphatic heterocycles. The minimum Gasteiger partial charge on any atom is -0.495 e. The molecule has 2 rings (SSSR count). The summed E-state index contributed by atoms with van der Waals surface area (Å²) in [5.41, 5.74) is 7.37. The van der Waals surface area contributed by atoms with Crippen LogP contribution in [0.5, 0.6) is 5.75 Å². The van der Waals surface area contributed by atoms with Crippen LogP contribution in [-0.2, 0) is 6.54 Å². The highest BCUT2D eigenvalue weighted by atomic mass is 16.5. The van der Waals surface area contributed by atoms with E-state index in [-0.39, 0.29) is 6.03 Å². The van der Waals surface area contributed by atoms with Crippen LogP contribution in [0.25, 0.3) is 0 Å². The largest absolute Gasteiger partial charge is 0.495 e. The summed E-state index contributed by atoms with van der Waals surface area (Å²) in [5, 5.41) is 2.90. The number of nitrogen functional groups attached to an aromatic ring is 1. The molecular formula is C13H19N3O2. The average molecular weight is 249 g/mol. The molecule has 3 N–H and O–H groups in total. The van der Waals surface area contributed by atoms with Crippen molar-refractivity contribution in [3.05, 3.63) is 23.8 Å². The van der Waals surface area contributed by atoms with Gasteiger partial charge >= 0.3 is 6.03 Å². The van der Waals surface area contributed by atoms with Gasteiger partial charge in [0.05, 0.1) is 12.8 Å². The van der Waals surface area contributed by atoms with E-state index < -0.39 is 0 Å². The summed E-state index contributed by atoms with van der Waals surface area (Å²) >= 11 is 0. The number of likely N-dealkylation sites (tertiary alicyclic amines) is 1. The quantitative estimate of drug-likeness (QED) is 0.799. The van der Waals surface area contributed by atoms with E-state index in [0.29, 0.717) is 18.0 Å². The van der Waals surface area contributed by atoms with Crippen molar-refractivity contribution in [2.24, 2.45) is 0 Å². The Bertz CT molecular complexity index is 428. The molecule has 5 nitrogen and oxygen atoms in total. The molecule has 98 valence electrons. The first-order valence-corrected chi connectivity index (χ1v) is 6.16. The molecule has 2 amide bonds. The monoisotopic (exact) mass is 249 g/mol. The molecule has 0 aliphatic carbocycles. The lowest BCUT2D eigenvalue weighted by Gasteiger charge is -2.16. The fourth-order valence-corrected chi connectivity index (χ4v) is 2.10. The van der Waals surface area contributed by atoms with Gasteiger partial charge in [0.15, 0.2) is 0 Å². The smallest absolute Gasteiger partial charge is 0.317 e. The number of urea groups is 1. The lowest BCUT2D eigenvalue weighted by atomic mass is 10.2. The summed E-state index contributed by atoms with van der Waals surface area (Å²) in [6.07, 6.45) is 2.20. The van der Waals surface area contributed by atoms with Crippen molar-refractivity contribution < 1.29 is 9.53 Å². The van der Waals surface area contributed by atoms with Crippen LogP contribution in [0.1, 0.15) is 18.4 Å². The highest BCUT2D eigenvalue weighted by Crippen LogP contribution is 2.21. The first-order valence-electron chi connectivity index (χ1n) is 6.16. The molecular weight excluding hydrogens is 230 g/mol. The number of carbonyl (C=O) groups is 1. The third-order valence-electron chi connectivity index (χ3n) is 3.13. The molecule has 1 aromatic rings. The molecule has 1 saturated heterocycles. The minimum atomic E-state index is 0.00175. The van der Waals surface area contributed by atoms with Crippen molar-refractivity contribution in [3.63, 3.8) is 0 Å². The number of rotatable bonds is 3. The third kappa shape index (κ3) is 2.85. The predicted molar refractivity (Wildman–Crippen MR) is 70.4 cm³/mol. The Morgan fingerprint density at radius 1 is 1.44 bits per heavy atom. The third-order valence-corrected chi connectivity index (χ3v) is 3.13. The number of carbonyl (C=O) groups excluding carboxylic acids is 1. The van der Waals surface area contributed by atoms with E-state index in [0.717, 1.165) is 31.5 Å². The maximum absolute atomic E-state index is 11.8. The molecule has 0 unspecified atom stereocenters. The summed E-state index contributed by atoms with van der Waals surface area (Å²) < 4.78 is 5.09. The summed E-state index contributed by atoms with van der Waals surface area (Å²) in [7, 11) is 1.58. The molecule has 1 fully saturated rings. The van der Waals surface area contributed by atoms with Crippen LogP contribution in [0.15, 0.2) is 18.2 Å². The van der Waals surface area contributed by atoms with Crippen LogP contribution in [0.2, 0.25) is 0 Å². The number of nitrogens with zero attached hydrogens (tertiary/aromatic N) is 1. The number of amides is 2. The normalized spacial score (nSPS) is 14.6. The average Bonchev–Trinajstić information content (AvgIpc) is 2.90. The lowest BCUT2D eigenvalue weighted by Crippen LogP contribution is -2.37. The molecule has 18 heavy (non-hydrogen) atoms. The zero-order valence-electron chi connectivity index (χ0n) is 10.6. The Morgan fingerprint density at radius 2 is 2.17 bits per heavy atom. The first kappa shape index (κ1) is 12.5. The van der Waals surface area contributed by atoms with E-state index in [2.05, 4.69) is 5.32 Å². The van der Waals surface area contributed by atoms with Gasteiger partial charge in [0, 0.05) is 19.6 Å². The van der Waals surface area contributed by atoms with Crippen LogP contribution in [0.4, 0.5) is 10.5 Å². The van der Waals surface area contributed by atoms with Gasteiger partial charge in [0.1, 0.15) is 5.75 Å². The minimum absolute atomic E-state index is 0.00175. The Kier molecular flexibility index (Phi) is 3.92. The Balaban J connectivity index is 1.89. The fraction of sp³-hybridized carbons (Fsp3) is 0.462. The summed E-state index contributed by atoms with van der Waals surface area (Å²) in [6.45, 7) is 2.21. The zero-order valence-corrected chi connectivity index (χ0v) is 10.6. The van der Waals surface area contributed by atoms with E-state index in [4.69, 9.17) is 10.5 Å². The van der Waals surface area contributed by atoms with Gasteiger partial charge in [-0.15, -0.1) is 0 Å². The SMILES string of the molecule is COc1ccc(CNC(=O)N2CCCC2)cc1N. The number of methoxy groups -OCH3 is 1. The molecule has 1 aliphatic rings. The number of nitrogens with one attached hydrogen (secondary N) is 1. The van der Waals surface area contributed by atoms with Crippen molar-refractivity contribution in [1.29, 1.82) is 0 Å². The predicted octanol–water partition coefficient (Wildman–Crippen LogP) is 1.58. The van der Waals surface area contributed by atoms with Gasteiger partial charge in [-0.25, -0.2) is 4.79 Å². The number of ether oxygens (including phenoxy) is 1. The highest BCUT2D eigenvalue weighted by Gasteiger charge is 2.17. The second-order valence-corrected chi connectivity index (χ2v) is 4.43. The van der Waals surface area contributed by atoms with Gasteiger partial charge in [-0.3, -0.25) is 0 Å². The van der Waals surface area contributed by atoms with Gasteiger partial charge < -0.3 is 20.7 Å². The van der Waals surface area contributed by atoms with Crippen LogP contribution >= 0.6 is 0 Å². The maximum Gasteiger partial charge on any atom is 0.317 e. The van der Waals surface area contributed by atoms with Gasteiger partial charge in [0.2, 0.25) is 0 Å². The number of nitrogens with two attached hydrogens (primary N) is 1. The zero-order chi connectivity index (χ0) is 13.0. The van der Waals surface area contributed by atoms with Crippen LogP contribution in [0, 0.1) is 0 Å². The second-order valence-electron chi connectivity index (χ2n) is 4.43. The summed E-state index contributed by atoms with van der Waals surface area (Å²) in [5.74, 6) is 0.657. The number of hydrogen-bond acceptors (Lipinski definition) is 3. The summed E-state index contributed by atoms with van der Waals surface area (Å²) in [4.78, 5) is 13.6. The van der Waals surface area contributed by atoms with Crippen molar-refractivity contribution in [2.45, 2.75) is 19.4 Å². The molecule has 0 atom stereocenters. The van der Waals surface area contributed by atoms with Gasteiger partial charge in [-0.05, 0) is 30.5 Å². The first-order chi connectivity index (χ1) is 8.70. The maximum atomic E-state index is 11.8. The van der Waals surface area contributed by atoms with Crippen molar-refractivity contribution >= 4 is 11.7 Å². The lowest BCUT2D eigenvalue weighted by molar-refractivity contribution is 0.208. The number of benzene rings is 1. The Hall–Kier alpha value is -1.91. The molecule has 0 radical (unpaired) electrons. The fourth-order valence-electron chi connectivity index (χ4n) is 2.10. The van der Waals surface area contributed by atoms with Gasteiger partial charge in [0.25, 0.3) is 0 Å².